The molecule has 0 N–H and O–H groups in total. The summed E-state index contributed by atoms with van der Waals surface area (Å²) in [5.41, 5.74) is 5.77. The molecule has 0 fully saturated rings. The van der Waals surface area contributed by atoms with Gasteiger partial charge in [0, 0.05) is 24.1 Å². The minimum Gasteiger partial charge on any atom is -0.490 e. The molecular formula is C27H24N6O2. The summed E-state index contributed by atoms with van der Waals surface area (Å²) in [5, 5.41) is 10.3. The number of pyridine rings is 2. The Balaban J connectivity index is 1.85. The van der Waals surface area contributed by atoms with Crippen LogP contribution in [0.3, 0.4) is 0 Å². The number of imidazole rings is 1. The number of ether oxygens (including phenoxy) is 2. The van der Waals surface area contributed by atoms with Crippen LogP contribution in [-0.2, 0) is 7.05 Å². The van der Waals surface area contributed by atoms with E-state index in [4.69, 9.17) is 9.47 Å². The van der Waals surface area contributed by atoms with Gasteiger partial charge in [0.15, 0.2) is 0 Å². The van der Waals surface area contributed by atoms with Crippen LogP contribution >= 0.6 is 0 Å². The maximum Gasteiger partial charge on any atom is 0.226 e. The van der Waals surface area contributed by atoms with E-state index in [2.05, 4.69) is 27.1 Å². The Bertz CT molecular complexity index is 1660. The standard InChI is InChI=1S/C27H24N6O2/c1-17(2)35-24-8-6-5-7-20(24)18-9-11-22-21(13-18)26-23(15-29-22)32(3)27(31-16-28)33(26)19-10-12-25(34-4)30-14-19/h5-15,17H,1-4H3. The molecule has 0 aliphatic heterocycles. The third-order valence-corrected chi connectivity index (χ3v) is 5.80. The molecule has 0 aliphatic carbocycles. The molecule has 174 valence electrons. The predicted octanol–water partition coefficient (Wildman–Crippen LogP) is 4.76. The molecule has 0 saturated heterocycles. The van der Waals surface area contributed by atoms with Crippen molar-refractivity contribution in [2.24, 2.45) is 12.0 Å². The molecule has 0 bridgehead atoms. The van der Waals surface area contributed by atoms with Gasteiger partial charge in [0.25, 0.3) is 0 Å². The van der Waals surface area contributed by atoms with Gasteiger partial charge in [-0.3, -0.25) is 9.55 Å². The molecule has 3 heterocycles. The van der Waals surface area contributed by atoms with E-state index in [0.717, 1.165) is 44.5 Å². The smallest absolute Gasteiger partial charge is 0.226 e. The van der Waals surface area contributed by atoms with Crippen LogP contribution < -0.4 is 15.1 Å². The number of methoxy groups -OCH3 is 1. The molecule has 3 aromatic heterocycles. The number of fused-ring (bicyclic) bond motifs is 3. The summed E-state index contributed by atoms with van der Waals surface area (Å²) in [7, 11) is 3.44. The summed E-state index contributed by atoms with van der Waals surface area (Å²) in [6, 6.07) is 17.8. The number of para-hydroxylation sites is 1. The van der Waals surface area contributed by atoms with E-state index in [0.29, 0.717) is 11.5 Å². The first-order valence-electron chi connectivity index (χ1n) is 11.2. The van der Waals surface area contributed by atoms with Gasteiger partial charge >= 0.3 is 0 Å². The maximum absolute atomic E-state index is 9.42. The molecule has 0 aliphatic rings. The van der Waals surface area contributed by atoms with Crippen molar-refractivity contribution in [1.29, 1.82) is 5.26 Å². The minimum atomic E-state index is 0.0546. The van der Waals surface area contributed by atoms with Gasteiger partial charge in [0.2, 0.25) is 17.7 Å². The number of aromatic nitrogens is 4. The zero-order valence-corrected chi connectivity index (χ0v) is 19.9. The Labute approximate surface area is 202 Å². The van der Waals surface area contributed by atoms with Gasteiger partial charge < -0.3 is 14.0 Å². The van der Waals surface area contributed by atoms with Crippen LogP contribution in [0.15, 0.2) is 72.0 Å². The summed E-state index contributed by atoms with van der Waals surface area (Å²) in [4.78, 5) is 13.2. The second kappa shape index (κ2) is 8.95. The fourth-order valence-corrected chi connectivity index (χ4v) is 4.28. The van der Waals surface area contributed by atoms with Crippen LogP contribution in [0.5, 0.6) is 11.6 Å². The second-order valence-electron chi connectivity index (χ2n) is 8.35. The second-order valence-corrected chi connectivity index (χ2v) is 8.35. The first-order chi connectivity index (χ1) is 17.0. The average Bonchev–Trinajstić information content (AvgIpc) is 3.16. The van der Waals surface area contributed by atoms with E-state index >= 15 is 0 Å². The number of nitriles is 1. The molecular weight excluding hydrogens is 440 g/mol. The fraction of sp³-hybridized carbons (Fsp3) is 0.185. The Hall–Kier alpha value is -4.64. The summed E-state index contributed by atoms with van der Waals surface area (Å²) in [6.07, 6.45) is 5.49. The number of rotatable bonds is 5. The Morgan fingerprint density at radius 3 is 2.57 bits per heavy atom. The molecule has 0 saturated carbocycles. The number of nitrogens with zero attached hydrogens (tertiary/aromatic N) is 6. The van der Waals surface area contributed by atoms with E-state index in [1.165, 1.54) is 0 Å². The minimum absolute atomic E-state index is 0.0546. The van der Waals surface area contributed by atoms with Crippen LogP contribution in [0.4, 0.5) is 0 Å². The molecule has 0 radical (unpaired) electrons. The Kier molecular flexibility index (Phi) is 5.67. The zero-order valence-electron chi connectivity index (χ0n) is 19.9. The van der Waals surface area contributed by atoms with Crippen molar-refractivity contribution < 1.29 is 9.47 Å². The van der Waals surface area contributed by atoms with Crippen LogP contribution in [-0.4, -0.2) is 32.3 Å². The molecule has 8 nitrogen and oxygen atoms in total. The first kappa shape index (κ1) is 22.2. The van der Waals surface area contributed by atoms with Crippen LogP contribution in [0, 0.1) is 11.5 Å². The van der Waals surface area contributed by atoms with Crippen molar-refractivity contribution in [2.45, 2.75) is 20.0 Å². The van der Waals surface area contributed by atoms with Gasteiger partial charge in [-0.15, -0.1) is 4.99 Å². The summed E-state index contributed by atoms with van der Waals surface area (Å²) in [5.74, 6) is 1.33. The lowest BCUT2D eigenvalue weighted by Gasteiger charge is -2.15. The highest BCUT2D eigenvalue weighted by Crippen LogP contribution is 2.34. The van der Waals surface area contributed by atoms with Crippen LogP contribution in [0.25, 0.3) is 38.8 Å². The highest BCUT2D eigenvalue weighted by molar-refractivity contribution is 6.04. The van der Waals surface area contributed by atoms with Gasteiger partial charge in [0.1, 0.15) is 5.75 Å². The topological polar surface area (TPSA) is 90.2 Å². The van der Waals surface area contributed by atoms with Gasteiger partial charge in [-0.2, -0.15) is 5.26 Å². The monoisotopic (exact) mass is 464 g/mol. The van der Waals surface area contributed by atoms with Gasteiger partial charge in [0.05, 0.1) is 47.8 Å². The molecule has 8 heteroatoms. The summed E-state index contributed by atoms with van der Waals surface area (Å²) < 4.78 is 15.1. The largest absolute Gasteiger partial charge is 0.490 e. The van der Waals surface area contributed by atoms with Gasteiger partial charge in [-0.05, 0) is 43.7 Å². The van der Waals surface area contributed by atoms with Crippen molar-refractivity contribution in [3.05, 3.63) is 72.6 Å². The molecule has 0 amide bonds. The fourth-order valence-electron chi connectivity index (χ4n) is 4.28. The molecule has 5 aromatic rings. The van der Waals surface area contributed by atoms with E-state index in [1.807, 2.05) is 72.6 Å². The number of aryl methyl sites for hydroxylation is 1. The number of hydrogen-bond donors (Lipinski definition) is 0. The highest BCUT2D eigenvalue weighted by atomic mass is 16.5. The number of benzene rings is 2. The van der Waals surface area contributed by atoms with E-state index in [1.54, 1.807) is 25.6 Å². The lowest BCUT2D eigenvalue weighted by Crippen LogP contribution is -2.22. The van der Waals surface area contributed by atoms with Crippen LogP contribution in [0.1, 0.15) is 13.8 Å². The van der Waals surface area contributed by atoms with E-state index < -0.39 is 0 Å². The van der Waals surface area contributed by atoms with Crippen molar-refractivity contribution >= 4 is 21.9 Å². The van der Waals surface area contributed by atoms with E-state index in [9.17, 15) is 5.26 Å². The van der Waals surface area contributed by atoms with Gasteiger partial charge in [-0.25, -0.2) is 4.98 Å². The average molecular weight is 465 g/mol. The molecule has 0 spiro atoms. The quantitative estimate of drug-likeness (QED) is 0.350. The summed E-state index contributed by atoms with van der Waals surface area (Å²) >= 11 is 0. The van der Waals surface area contributed by atoms with Crippen LogP contribution in [0.2, 0.25) is 0 Å². The maximum atomic E-state index is 9.42. The third-order valence-electron chi connectivity index (χ3n) is 5.80. The Morgan fingerprint density at radius 2 is 1.86 bits per heavy atom. The van der Waals surface area contributed by atoms with E-state index in [-0.39, 0.29) is 6.10 Å². The van der Waals surface area contributed by atoms with Gasteiger partial charge in [-0.1, -0.05) is 24.3 Å². The third kappa shape index (κ3) is 3.87. The zero-order chi connectivity index (χ0) is 24.5. The normalized spacial score (nSPS) is 11.8. The van der Waals surface area contributed by atoms with Crippen molar-refractivity contribution in [2.75, 3.05) is 7.11 Å². The molecule has 35 heavy (non-hydrogen) atoms. The molecule has 0 unspecified atom stereocenters. The molecule has 5 rings (SSSR count). The number of hydrogen-bond acceptors (Lipinski definition) is 6. The van der Waals surface area contributed by atoms with Crippen molar-refractivity contribution in [3.63, 3.8) is 0 Å². The molecule has 2 aromatic carbocycles. The lowest BCUT2D eigenvalue weighted by molar-refractivity contribution is 0.243. The summed E-state index contributed by atoms with van der Waals surface area (Å²) in [6.45, 7) is 4.03. The van der Waals surface area contributed by atoms with Crippen molar-refractivity contribution in [3.8, 4) is 34.6 Å². The first-order valence-corrected chi connectivity index (χ1v) is 11.2. The molecule has 0 atom stereocenters. The lowest BCUT2D eigenvalue weighted by atomic mass is 10.0. The predicted molar refractivity (Wildman–Crippen MR) is 134 cm³/mol. The highest BCUT2D eigenvalue weighted by Gasteiger charge is 2.17. The van der Waals surface area contributed by atoms with Crippen molar-refractivity contribution in [1.82, 2.24) is 19.1 Å². The SMILES string of the molecule is COc1ccc(-n2c(=NC#N)n(C)c3cnc4ccc(-c5ccccc5OC(C)C)cc4c32)cn1. The Morgan fingerprint density at radius 1 is 1.03 bits per heavy atom.